The topological polar surface area (TPSA) is 90.9 Å². The van der Waals surface area contributed by atoms with Crippen LogP contribution in [0.2, 0.25) is 0 Å². The van der Waals surface area contributed by atoms with E-state index < -0.39 is 24.6 Å². The van der Waals surface area contributed by atoms with E-state index in [2.05, 4.69) is 20.7 Å². The Morgan fingerprint density at radius 2 is 1.95 bits per heavy atom. The molecule has 2 amide bonds. The third kappa shape index (κ3) is 5.42. The Kier molecular flexibility index (Phi) is 6.67. The van der Waals surface area contributed by atoms with Gasteiger partial charge in [0.15, 0.2) is 6.61 Å². The van der Waals surface area contributed by atoms with Gasteiger partial charge in [0.2, 0.25) is 0 Å². The maximum atomic E-state index is 11.8. The Hall–Kier alpha value is -2.09. The van der Waals surface area contributed by atoms with Gasteiger partial charge in [0, 0.05) is 4.47 Å². The number of carbonyl (C=O) groups excluding carboxylic acids is 3. The van der Waals surface area contributed by atoms with Gasteiger partial charge in [-0.05, 0) is 41.1 Å². The van der Waals surface area contributed by atoms with Crippen molar-refractivity contribution in [2.45, 2.75) is 6.92 Å². The predicted octanol–water partition coefficient (Wildman–Crippen LogP) is 1.89. The molecule has 1 rings (SSSR count). The molecule has 0 aliphatic heterocycles. The Labute approximate surface area is 129 Å². The highest BCUT2D eigenvalue weighted by Gasteiger charge is 2.16. The largest absolute Gasteiger partial charge is 0.497 e. The molecule has 0 aliphatic rings. The van der Waals surface area contributed by atoms with Crippen molar-refractivity contribution in [1.82, 2.24) is 5.32 Å². The number of imide groups is 1. The molecule has 0 atom stereocenters. The number of carbonyl (C=O) groups is 3. The van der Waals surface area contributed by atoms with Crippen LogP contribution in [0.4, 0.5) is 4.79 Å². The number of hydrogen-bond acceptors (Lipinski definition) is 6. The number of esters is 1. The second-order valence-corrected chi connectivity index (χ2v) is 4.54. The zero-order valence-electron chi connectivity index (χ0n) is 11.5. The van der Waals surface area contributed by atoms with E-state index in [0.717, 1.165) is 0 Å². The molecular formula is C13H14BrNO6. The van der Waals surface area contributed by atoms with E-state index in [4.69, 9.17) is 9.47 Å². The van der Waals surface area contributed by atoms with Crippen molar-refractivity contribution in [2.75, 3.05) is 20.3 Å². The van der Waals surface area contributed by atoms with Crippen LogP contribution in [0.1, 0.15) is 17.3 Å². The van der Waals surface area contributed by atoms with E-state index in [1.54, 1.807) is 19.1 Å². The van der Waals surface area contributed by atoms with Gasteiger partial charge in [0.1, 0.15) is 5.75 Å². The Balaban J connectivity index is 2.58. The summed E-state index contributed by atoms with van der Waals surface area (Å²) in [7, 11) is 1.46. The summed E-state index contributed by atoms with van der Waals surface area (Å²) in [6.45, 7) is 1.14. The lowest BCUT2D eigenvalue weighted by Crippen LogP contribution is -2.34. The van der Waals surface area contributed by atoms with Gasteiger partial charge < -0.3 is 14.2 Å². The fourth-order valence-electron chi connectivity index (χ4n) is 1.31. The third-order valence-corrected chi connectivity index (χ3v) is 2.94. The first kappa shape index (κ1) is 17.0. The van der Waals surface area contributed by atoms with Crippen molar-refractivity contribution in [1.29, 1.82) is 0 Å². The van der Waals surface area contributed by atoms with E-state index in [1.165, 1.54) is 13.2 Å². The van der Waals surface area contributed by atoms with Crippen molar-refractivity contribution >= 4 is 33.9 Å². The normalized spacial score (nSPS) is 9.67. The number of alkyl carbamates (subject to hydrolysis) is 1. The molecule has 1 aromatic rings. The molecule has 0 saturated heterocycles. The van der Waals surface area contributed by atoms with E-state index >= 15 is 0 Å². The van der Waals surface area contributed by atoms with Crippen LogP contribution in [0.5, 0.6) is 5.75 Å². The van der Waals surface area contributed by atoms with E-state index in [0.29, 0.717) is 10.2 Å². The van der Waals surface area contributed by atoms with Gasteiger partial charge in [-0.15, -0.1) is 0 Å². The summed E-state index contributed by atoms with van der Waals surface area (Å²) in [5.74, 6) is -1.03. The van der Waals surface area contributed by atoms with Crippen LogP contribution in [-0.2, 0) is 14.3 Å². The highest BCUT2D eigenvalue weighted by atomic mass is 79.9. The maximum absolute atomic E-state index is 11.8. The molecule has 1 aromatic carbocycles. The average molecular weight is 360 g/mol. The van der Waals surface area contributed by atoms with Crippen molar-refractivity contribution in [3.05, 3.63) is 28.2 Å². The lowest BCUT2D eigenvalue weighted by molar-refractivity contribution is -0.123. The van der Waals surface area contributed by atoms with Crippen LogP contribution in [0, 0.1) is 0 Å². The molecule has 0 spiro atoms. The van der Waals surface area contributed by atoms with Gasteiger partial charge in [0.05, 0.1) is 19.3 Å². The van der Waals surface area contributed by atoms with Crippen LogP contribution in [0.25, 0.3) is 0 Å². The van der Waals surface area contributed by atoms with E-state index in [1.807, 2.05) is 5.32 Å². The lowest BCUT2D eigenvalue weighted by atomic mass is 10.2. The molecule has 8 heteroatoms. The van der Waals surface area contributed by atoms with Gasteiger partial charge >= 0.3 is 12.1 Å². The van der Waals surface area contributed by atoms with Gasteiger partial charge in [-0.25, -0.2) is 9.59 Å². The van der Waals surface area contributed by atoms with E-state index in [-0.39, 0.29) is 12.2 Å². The second-order valence-electron chi connectivity index (χ2n) is 3.69. The molecule has 114 valence electrons. The molecule has 0 saturated carbocycles. The second kappa shape index (κ2) is 8.25. The number of amides is 2. The number of methoxy groups -OCH3 is 1. The van der Waals surface area contributed by atoms with Crippen molar-refractivity contribution in [3.8, 4) is 5.75 Å². The molecule has 0 radical (unpaired) electrons. The minimum Gasteiger partial charge on any atom is -0.497 e. The fraction of sp³-hybridized carbons (Fsp3) is 0.308. The zero-order valence-corrected chi connectivity index (χ0v) is 13.1. The summed E-state index contributed by atoms with van der Waals surface area (Å²) >= 11 is 3.20. The summed E-state index contributed by atoms with van der Waals surface area (Å²) in [5.41, 5.74) is 0.207. The molecule has 21 heavy (non-hydrogen) atoms. The molecule has 7 nitrogen and oxygen atoms in total. The van der Waals surface area contributed by atoms with Crippen LogP contribution < -0.4 is 10.1 Å². The monoisotopic (exact) mass is 359 g/mol. The highest BCUT2D eigenvalue weighted by Crippen LogP contribution is 2.23. The minimum absolute atomic E-state index is 0.135. The summed E-state index contributed by atoms with van der Waals surface area (Å²) in [6.07, 6.45) is -0.888. The maximum Gasteiger partial charge on any atom is 0.413 e. The molecular weight excluding hydrogens is 346 g/mol. The first-order chi connectivity index (χ1) is 9.97. The highest BCUT2D eigenvalue weighted by molar-refractivity contribution is 9.10. The third-order valence-electron chi connectivity index (χ3n) is 2.24. The van der Waals surface area contributed by atoms with Gasteiger partial charge in [-0.2, -0.15) is 0 Å². The minimum atomic E-state index is -0.888. The fourth-order valence-corrected chi connectivity index (χ4v) is 1.72. The molecule has 0 unspecified atom stereocenters. The summed E-state index contributed by atoms with van der Waals surface area (Å²) < 4.78 is 14.8. The van der Waals surface area contributed by atoms with Crippen LogP contribution >= 0.6 is 15.9 Å². The van der Waals surface area contributed by atoms with E-state index in [9.17, 15) is 14.4 Å². The molecule has 0 bridgehead atoms. The van der Waals surface area contributed by atoms with Crippen LogP contribution in [0.15, 0.2) is 22.7 Å². The SMILES string of the molecule is CCOC(=O)NC(=O)COC(=O)c1cc(OC)ccc1Br. The zero-order chi connectivity index (χ0) is 15.8. The average Bonchev–Trinajstić information content (AvgIpc) is 2.45. The molecule has 0 aromatic heterocycles. The standard InChI is InChI=1S/C13H14BrNO6/c1-3-20-13(18)15-11(16)7-21-12(17)9-6-8(19-2)4-5-10(9)14/h4-6H,3,7H2,1-2H3,(H,15,16,18). The molecule has 0 heterocycles. The molecule has 0 fully saturated rings. The first-order valence-electron chi connectivity index (χ1n) is 5.95. The number of halogens is 1. The lowest BCUT2D eigenvalue weighted by Gasteiger charge is -2.08. The molecule has 1 N–H and O–H groups in total. The number of ether oxygens (including phenoxy) is 3. The van der Waals surface area contributed by atoms with Gasteiger partial charge in [0.25, 0.3) is 5.91 Å². The quantitative estimate of drug-likeness (QED) is 0.807. The smallest absolute Gasteiger partial charge is 0.413 e. The van der Waals surface area contributed by atoms with Crippen LogP contribution in [-0.4, -0.2) is 38.3 Å². The Bertz CT molecular complexity index is 545. The van der Waals surface area contributed by atoms with Gasteiger partial charge in [-0.3, -0.25) is 10.1 Å². The van der Waals surface area contributed by atoms with Crippen molar-refractivity contribution in [2.24, 2.45) is 0 Å². The number of benzene rings is 1. The van der Waals surface area contributed by atoms with Crippen molar-refractivity contribution in [3.63, 3.8) is 0 Å². The summed E-state index contributed by atoms with van der Waals surface area (Å²) in [5, 5.41) is 1.91. The number of hydrogen-bond donors (Lipinski definition) is 1. The van der Waals surface area contributed by atoms with Crippen molar-refractivity contribution < 1.29 is 28.6 Å². The first-order valence-corrected chi connectivity index (χ1v) is 6.74. The summed E-state index contributed by atoms with van der Waals surface area (Å²) in [6, 6.07) is 4.75. The Morgan fingerprint density at radius 3 is 2.57 bits per heavy atom. The summed E-state index contributed by atoms with van der Waals surface area (Å²) in [4.78, 5) is 34.2. The predicted molar refractivity (Wildman–Crippen MR) is 76.1 cm³/mol. The molecule has 0 aliphatic carbocycles. The Morgan fingerprint density at radius 1 is 1.24 bits per heavy atom. The van der Waals surface area contributed by atoms with Gasteiger partial charge in [-0.1, -0.05) is 0 Å². The van der Waals surface area contributed by atoms with Crippen LogP contribution in [0.3, 0.4) is 0 Å². The number of rotatable bonds is 5. The number of nitrogens with one attached hydrogen (secondary N) is 1.